The Hall–Kier alpha value is -3.94. The third kappa shape index (κ3) is 8.27. The fourth-order valence-electron chi connectivity index (χ4n) is 4.72. The molecule has 0 heterocycles. The standard InChI is InChI=1S/C31H38N2O6/c1-20(2)27(33-30(37)39-19-22-14-10-7-11-15-22)28(26-24(34)17-31(3,4)18-25(26)35)32-23(29(36)38-5)16-21-12-8-6-9-13-21/h6-15,20,23,27,32H,16-19H2,1-5H3,(H,33,37)/t23-,27?/m0/s1. The molecule has 2 atom stereocenters. The van der Waals surface area contributed by atoms with Crippen LogP contribution in [-0.4, -0.2) is 42.8 Å². The maximum atomic E-state index is 13.4. The summed E-state index contributed by atoms with van der Waals surface area (Å²) in [6, 6.07) is 16.9. The topological polar surface area (TPSA) is 111 Å². The zero-order chi connectivity index (χ0) is 28.6. The summed E-state index contributed by atoms with van der Waals surface area (Å²) in [5.41, 5.74) is 1.39. The van der Waals surface area contributed by atoms with Gasteiger partial charge in [-0.15, -0.1) is 0 Å². The molecule has 0 spiro atoms. The molecule has 2 aromatic rings. The van der Waals surface area contributed by atoms with Crippen molar-refractivity contribution >= 4 is 23.6 Å². The molecular weight excluding hydrogens is 496 g/mol. The number of ketones is 2. The van der Waals surface area contributed by atoms with E-state index in [2.05, 4.69) is 10.6 Å². The lowest BCUT2D eigenvalue weighted by Crippen LogP contribution is -2.51. The maximum Gasteiger partial charge on any atom is 0.408 e. The molecule has 39 heavy (non-hydrogen) atoms. The number of nitrogens with one attached hydrogen (secondary N) is 2. The third-order valence-corrected chi connectivity index (χ3v) is 6.67. The van der Waals surface area contributed by atoms with Crippen molar-refractivity contribution in [2.75, 3.05) is 7.11 Å². The lowest BCUT2D eigenvalue weighted by molar-refractivity contribution is -0.143. The highest BCUT2D eigenvalue weighted by Gasteiger charge is 2.40. The second-order valence-electron chi connectivity index (χ2n) is 11.0. The first kappa shape index (κ1) is 29.6. The smallest absolute Gasteiger partial charge is 0.408 e. The quantitative estimate of drug-likeness (QED) is 0.262. The van der Waals surface area contributed by atoms with Gasteiger partial charge in [0.2, 0.25) is 0 Å². The van der Waals surface area contributed by atoms with E-state index >= 15 is 0 Å². The maximum absolute atomic E-state index is 13.4. The summed E-state index contributed by atoms with van der Waals surface area (Å²) < 4.78 is 10.5. The summed E-state index contributed by atoms with van der Waals surface area (Å²) >= 11 is 0. The number of alkyl carbamates (subject to hydrolysis) is 1. The highest BCUT2D eigenvalue weighted by molar-refractivity contribution is 6.23. The third-order valence-electron chi connectivity index (χ3n) is 6.67. The van der Waals surface area contributed by atoms with Crippen molar-refractivity contribution in [1.82, 2.24) is 10.6 Å². The van der Waals surface area contributed by atoms with Crippen molar-refractivity contribution in [2.24, 2.45) is 11.3 Å². The van der Waals surface area contributed by atoms with Gasteiger partial charge in [0.25, 0.3) is 0 Å². The van der Waals surface area contributed by atoms with Crippen molar-refractivity contribution in [3.63, 3.8) is 0 Å². The van der Waals surface area contributed by atoms with Crippen LogP contribution in [0.2, 0.25) is 0 Å². The summed E-state index contributed by atoms with van der Waals surface area (Å²) in [5, 5.41) is 6.00. The number of rotatable bonds is 10. The summed E-state index contributed by atoms with van der Waals surface area (Å²) in [5.74, 6) is -1.46. The first-order chi connectivity index (χ1) is 18.5. The second-order valence-corrected chi connectivity index (χ2v) is 11.0. The van der Waals surface area contributed by atoms with Gasteiger partial charge in [0, 0.05) is 25.0 Å². The molecule has 2 aromatic carbocycles. The molecule has 0 aromatic heterocycles. The predicted molar refractivity (Wildman–Crippen MR) is 148 cm³/mol. The van der Waals surface area contributed by atoms with Gasteiger partial charge in [-0.2, -0.15) is 0 Å². The van der Waals surface area contributed by atoms with Gasteiger partial charge in [-0.3, -0.25) is 9.59 Å². The van der Waals surface area contributed by atoms with Crippen LogP contribution < -0.4 is 10.6 Å². The molecule has 3 rings (SSSR count). The van der Waals surface area contributed by atoms with Crippen molar-refractivity contribution in [2.45, 2.75) is 65.6 Å². The Labute approximate surface area is 230 Å². The minimum absolute atomic E-state index is 0.0154. The number of amides is 1. The van der Waals surface area contributed by atoms with Crippen LogP contribution in [0, 0.1) is 11.3 Å². The molecule has 208 valence electrons. The molecular formula is C31H38N2O6. The van der Waals surface area contributed by atoms with E-state index in [-0.39, 0.29) is 54.6 Å². The average Bonchev–Trinajstić information content (AvgIpc) is 2.89. The van der Waals surface area contributed by atoms with Crippen LogP contribution in [0.15, 0.2) is 71.9 Å². The number of hydrogen-bond donors (Lipinski definition) is 2. The first-order valence-electron chi connectivity index (χ1n) is 13.2. The molecule has 0 aliphatic heterocycles. The number of ether oxygens (including phenoxy) is 2. The largest absolute Gasteiger partial charge is 0.467 e. The van der Waals surface area contributed by atoms with Crippen molar-refractivity contribution in [3.8, 4) is 0 Å². The molecule has 0 bridgehead atoms. The molecule has 1 unspecified atom stereocenters. The van der Waals surface area contributed by atoms with Gasteiger partial charge in [0.15, 0.2) is 11.6 Å². The van der Waals surface area contributed by atoms with Gasteiger partial charge in [-0.25, -0.2) is 9.59 Å². The summed E-state index contributed by atoms with van der Waals surface area (Å²) in [6.07, 6.45) is -0.110. The Morgan fingerprint density at radius 3 is 1.92 bits per heavy atom. The van der Waals surface area contributed by atoms with Crippen LogP contribution in [0.25, 0.3) is 0 Å². The highest BCUT2D eigenvalue weighted by atomic mass is 16.5. The normalized spacial score (nSPS) is 16.3. The van der Waals surface area contributed by atoms with E-state index in [1.807, 2.05) is 88.4 Å². The van der Waals surface area contributed by atoms with E-state index in [1.165, 1.54) is 7.11 Å². The minimum Gasteiger partial charge on any atom is -0.467 e. The monoisotopic (exact) mass is 534 g/mol. The Morgan fingerprint density at radius 2 is 1.41 bits per heavy atom. The molecule has 1 amide bonds. The van der Waals surface area contributed by atoms with E-state index in [0.717, 1.165) is 11.1 Å². The highest BCUT2D eigenvalue weighted by Crippen LogP contribution is 2.35. The van der Waals surface area contributed by atoms with Gasteiger partial charge in [-0.05, 0) is 22.5 Å². The van der Waals surface area contributed by atoms with Gasteiger partial charge in [0.05, 0.1) is 18.7 Å². The number of Topliss-reactive ketones (excluding diaryl/α,β-unsaturated/α-hetero) is 2. The molecule has 1 aliphatic carbocycles. The van der Waals surface area contributed by atoms with Gasteiger partial charge < -0.3 is 20.1 Å². The molecule has 1 aliphatic rings. The van der Waals surface area contributed by atoms with Crippen LogP contribution in [0.4, 0.5) is 4.79 Å². The van der Waals surface area contributed by atoms with E-state index in [0.29, 0.717) is 0 Å². The van der Waals surface area contributed by atoms with Gasteiger partial charge in [0.1, 0.15) is 12.6 Å². The molecule has 1 saturated carbocycles. The van der Waals surface area contributed by atoms with Crippen LogP contribution in [0.5, 0.6) is 0 Å². The molecule has 1 fully saturated rings. The fourth-order valence-corrected chi connectivity index (χ4v) is 4.72. The SMILES string of the molecule is COC(=O)[C@H](Cc1ccccc1)NC(=C1C(=O)CC(C)(C)CC1=O)C(NC(=O)OCc1ccccc1)C(C)C. The number of allylic oxidation sites excluding steroid dienone is 1. The zero-order valence-electron chi connectivity index (χ0n) is 23.3. The number of benzene rings is 2. The summed E-state index contributed by atoms with van der Waals surface area (Å²) in [6.45, 7) is 7.52. The van der Waals surface area contributed by atoms with Crippen LogP contribution in [0.1, 0.15) is 51.7 Å². The predicted octanol–water partition coefficient (Wildman–Crippen LogP) is 4.52. The summed E-state index contributed by atoms with van der Waals surface area (Å²) in [4.78, 5) is 52.6. The van der Waals surface area contributed by atoms with Crippen LogP contribution in [0.3, 0.4) is 0 Å². The Kier molecular flexibility index (Phi) is 10.0. The number of hydrogen-bond acceptors (Lipinski definition) is 7. The van der Waals surface area contributed by atoms with E-state index < -0.39 is 29.6 Å². The Bertz CT molecular complexity index is 1180. The molecule has 2 N–H and O–H groups in total. The average molecular weight is 535 g/mol. The number of esters is 1. The lowest BCUT2D eigenvalue weighted by Gasteiger charge is -2.34. The van der Waals surface area contributed by atoms with Crippen molar-refractivity contribution < 1.29 is 28.7 Å². The van der Waals surface area contributed by atoms with Gasteiger partial charge >= 0.3 is 12.1 Å². The fraction of sp³-hybridized carbons (Fsp3) is 0.419. The van der Waals surface area contributed by atoms with Crippen LogP contribution >= 0.6 is 0 Å². The second kappa shape index (κ2) is 13.2. The number of methoxy groups -OCH3 is 1. The van der Waals surface area contributed by atoms with E-state index in [4.69, 9.17) is 9.47 Å². The molecule has 0 saturated heterocycles. The van der Waals surface area contributed by atoms with Crippen molar-refractivity contribution in [1.29, 1.82) is 0 Å². The zero-order valence-corrected chi connectivity index (χ0v) is 23.3. The van der Waals surface area contributed by atoms with Crippen molar-refractivity contribution in [3.05, 3.63) is 83.1 Å². The number of carbonyl (C=O) groups is 4. The lowest BCUT2D eigenvalue weighted by atomic mass is 9.72. The molecule has 0 radical (unpaired) electrons. The Balaban J connectivity index is 1.98. The first-order valence-corrected chi connectivity index (χ1v) is 13.2. The van der Waals surface area contributed by atoms with E-state index in [9.17, 15) is 19.2 Å². The summed E-state index contributed by atoms with van der Waals surface area (Å²) in [7, 11) is 1.29. The number of carbonyl (C=O) groups excluding carboxylic acids is 4. The van der Waals surface area contributed by atoms with E-state index in [1.54, 1.807) is 0 Å². The van der Waals surface area contributed by atoms with Crippen LogP contribution in [-0.2, 0) is 36.9 Å². The molecule has 8 heteroatoms. The minimum atomic E-state index is -0.904. The molecule has 8 nitrogen and oxygen atoms in total. The van der Waals surface area contributed by atoms with Gasteiger partial charge in [-0.1, -0.05) is 88.4 Å². The Morgan fingerprint density at radius 1 is 0.872 bits per heavy atom.